The highest BCUT2D eigenvalue weighted by atomic mass is 14.3. The van der Waals surface area contributed by atoms with Crippen molar-refractivity contribution in [2.45, 2.75) is 96.8 Å². The van der Waals surface area contributed by atoms with Crippen molar-refractivity contribution in [1.82, 2.24) is 0 Å². The van der Waals surface area contributed by atoms with Crippen LogP contribution in [0.4, 0.5) is 0 Å². The Morgan fingerprint density at radius 2 is 1.56 bits per heavy atom. The first-order valence-corrected chi connectivity index (χ1v) is 12.9. The summed E-state index contributed by atoms with van der Waals surface area (Å²) >= 11 is 0. The summed E-state index contributed by atoms with van der Waals surface area (Å²) in [5, 5.41) is 9.42. The van der Waals surface area contributed by atoms with E-state index in [1.54, 1.807) is 0 Å². The molecule has 3 rings (SSSR count). The summed E-state index contributed by atoms with van der Waals surface area (Å²) in [6, 6.07) is 17.9. The average Bonchev–Trinajstić information content (AvgIpc) is 2.84. The van der Waals surface area contributed by atoms with E-state index in [1.165, 1.54) is 75.3 Å². The van der Waals surface area contributed by atoms with Crippen molar-refractivity contribution in [3.63, 3.8) is 0 Å². The van der Waals surface area contributed by atoms with Crippen LogP contribution in [0.15, 0.2) is 42.5 Å². The molecule has 1 saturated carbocycles. The van der Waals surface area contributed by atoms with Crippen LogP contribution in [-0.4, -0.2) is 0 Å². The third-order valence-corrected chi connectivity index (χ3v) is 6.92. The van der Waals surface area contributed by atoms with E-state index in [2.05, 4.69) is 68.2 Å². The summed E-state index contributed by atoms with van der Waals surface area (Å²) in [5.74, 6) is 8.02. The molecule has 0 atom stereocenters. The van der Waals surface area contributed by atoms with Gasteiger partial charge < -0.3 is 0 Å². The molecule has 0 N–H and O–H groups in total. The summed E-state index contributed by atoms with van der Waals surface area (Å²) in [6.45, 7) is 4.42. The molecule has 1 heteroatoms. The van der Waals surface area contributed by atoms with Crippen molar-refractivity contribution in [3.05, 3.63) is 70.3 Å². The van der Waals surface area contributed by atoms with Crippen LogP contribution in [0.3, 0.4) is 0 Å². The Morgan fingerprint density at radius 1 is 0.812 bits per heavy atom. The Balaban J connectivity index is 1.48. The third-order valence-electron chi connectivity index (χ3n) is 6.92. The van der Waals surface area contributed by atoms with Gasteiger partial charge in [0.1, 0.15) is 0 Å². The molecule has 2 aromatic carbocycles. The fourth-order valence-corrected chi connectivity index (χ4v) is 4.89. The lowest BCUT2D eigenvalue weighted by Crippen LogP contribution is -2.12. The highest BCUT2D eigenvalue weighted by Gasteiger charge is 2.21. The van der Waals surface area contributed by atoms with E-state index < -0.39 is 0 Å². The van der Waals surface area contributed by atoms with Crippen LogP contribution >= 0.6 is 0 Å². The molecule has 1 aliphatic carbocycles. The zero-order valence-electron chi connectivity index (χ0n) is 20.1. The van der Waals surface area contributed by atoms with Gasteiger partial charge in [-0.05, 0) is 79.7 Å². The van der Waals surface area contributed by atoms with Gasteiger partial charge in [-0.3, -0.25) is 0 Å². The normalized spacial score (nSPS) is 17.9. The Kier molecular flexibility index (Phi) is 9.91. The van der Waals surface area contributed by atoms with Gasteiger partial charge in [-0.25, -0.2) is 0 Å². The number of benzene rings is 2. The van der Waals surface area contributed by atoms with Crippen molar-refractivity contribution in [2.75, 3.05) is 0 Å². The first-order chi connectivity index (χ1) is 15.7. The van der Waals surface area contributed by atoms with E-state index in [9.17, 15) is 5.26 Å². The molecule has 0 bridgehead atoms. The molecule has 0 spiro atoms. The Bertz CT molecular complexity index is 927. The maximum absolute atomic E-state index is 9.42. The van der Waals surface area contributed by atoms with Crippen LogP contribution in [0.25, 0.3) is 0 Å². The van der Waals surface area contributed by atoms with Crippen LogP contribution in [0, 0.1) is 29.1 Å². The Morgan fingerprint density at radius 3 is 2.25 bits per heavy atom. The predicted octanol–water partition coefficient (Wildman–Crippen LogP) is 8.35. The van der Waals surface area contributed by atoms with Gasteiger partial charge in [-0.1, -0.05) is 88.1 Å². The van der Waals surface area contributed by atoms with Crippen LogP contribution < -0.4 is 0 Å². The fourth-order valence-electron chi connectivity index (χ4n) is 4.89. The maximum Gasteiger partial charge on any atom is 0.0994 e. The van der Waals surface area contributed by atoms with Gasteiger partial charge in [-0.2, -0.15) is 5.26 Å². The molecule has 168 valence electrons. The second kappa shape index (κ2) is 13.1. The van der Waals surface area contributed by atoms with E-state index >= 15 is 0 Å². The fraction of sp³-hybridized carbons (Fsp3) is 0.516. The summed E-state index contributed by atoms with van der Waals surface area (Å²) in [6.07, 6.45) is 14.8. The zero-order chi connectivity index (χ0) is 22.6. The number of aryl methyl sites for hydroxylation is 2. The summed E-state index contributed by atoms with van der Waals surface area (Å²) < 4.78 is 0. The van der Waals surface area contributed by atoms with Gasteiger partial charge >= 0.3 is 0 Å². The van der Waals surface area contributed by atoms with Crippen LogP contribution in [0.5, 0.6) is 0 Å². The number of unbranched alkanes of at least 4 members (excludes halogenated alkanes) is 4. The molecule has 0 unspecified atom stereocenters. The molecule has 0 aliphatic heterocycles. The SMILES string of the molecule is CCCCCCCc1ccc(C2CCC(C#Cc3ccc(CCC)c(C#N)c3)CC2)cc1. The first kappa shape index (κ1) is 24.1. The van der Waals surface area contributed by atoms with Gasteiger partial charge in [0.05, 0.1) is 11.6 Å². The summed E-state index contributed by atoms with van der Waals surface area (Å²) in [7, 11) is 0. The minimum atomic E-state index is 0.481. The quantitative estimate of drug-likeness (QED) is 0.292. The smallest absolute Gasteiger partial charge is 0.0994 e. The molecule has 0 saturated heterocycles. The van der Waals surface area contributed by atoms with Crippen LogP contribution in [-0.2, 0) is 12.8 Å². The second-order valence-corrected chi connectivity index (χ2v) is 9.46. The van der Waals surface area contributed by atoms with Gasteiger partial charge in [-0.15, -0.1) is 0 Å². The van der Waals surface area contributed by atoms with Gasteiger partial charge in [0, 0.05) is 11.5 Å². The van der Waals surface area contributed by atoms with Crippen molar-refractivity contribution >= 4 is 0 Å². The maximum atomic E-state index is 9.42. The predicted molar refractivity (Wildman–Crippen MR) is 136 cm³/mol. The molecule has 0 amide bonds. The Hall–Kier alpha value is -2.51. The summed E-state index contributed by atoms with van der Waals surface area (Å²) in [4.78, 5) is 0. The summed E-state index contributed by atoms with van der Waals surface area (Å²) in [5.41, 5.74) is 5.91. The Labute approximate surface area is 196 Å². The third kappa shape index (κ3) is 7.28. The minimum absolute atomic E-state index is 0.481. The molecule has 0 heterocycles. The molecule has 1 fully saturated rings. The molecular weight excluding hydrogens is 386 g/mol. The van der Waals surface area contributed by atoms with Gasteiger partial charge in [0.2, 0.25) is 0 Å². The standard InChI is InChI=1S/C31H39N/c1-3-5-6-7-8-10-25-13-18-29(19-14-25)30-20-15-26(16-21-30)11-12-27-17-22-28(9-4-2)31(23-27)24-32/h13-14,17-19,22-23,26,30H,3-10,15-16,20-21H2,1-2H3. The average molecular weight is 426 g/mol. The van der Waals surface area contributed by atoms with Crippen molar-refractivity contribution in [1.29, 1.82) is 5.26 Å². The van der Waals surface area contributed by atoms with E-state index in [0.717, 1.165) is 29.5 Å². The molecule has 0 radical (unpaired) electrons. The van der Waals surface area contributed by atoms with E-state index in [0.29, 0.717) is 11.8 Å². The van der Waals surface area contributed by atoms with Crippen LogP contribution in [0.2, 0.25) is 0 Å². The van der Waals surface area contributed by atoms with Crippen molar-refractivity contribution in [2.24, 2.45) is 5.92 Å². The number of rotatable bonds is 9. The molecule has 0 aromatic heterocycles. The van der Waals surface area contributed by atoms with Crippen molar-refractivity contribution in [3.8, 4) is 17.9 Å². The highest BCUT2D eigenvalue weighted by Crippen LogP contribution is 2.35. The minimum Gasteiger partial charge on any atom is -0.192 e. The van der Waals surface area contributed by atoms with E-state index in [4.69, 9.17) is 0 Å². The number of hydrogen-bond donors (Lipinski definition) is 0. The van der Waals surface area contributed by atoms with Gasteiger partial charge in [0.25, 0.3) is 0 Å². The number of hydrogen-bond acceptors (Lipinski definition) is 1. The largest absolute Gasteiger partial charge is 0.192 e. The zero-order valence-corrected chi connectivity index (χ0v) is 20.1. The van der Waals surface area contributed by atoms with E-state index in [-0.39, 0.29) is 0 Å². The molecule has 32 heavy (non-hydrogen) atoms. The van der Waals surface area contributed by atoms with E-state index in [1.807, 2.05) is 6.07 Å². The highest BCUT2D eigenvalue weighted by molar-refractivity contribution is 5.46. The lowest BCUT2D eigenvalue weighted by molar-refractivity contribution is 0.384. The van der Waals surface area contributed by atoms with Gasteiger partial charge in [0.15, 0.2) is 0 Å². The topological polar surface area (TPSA) is 23.8 Å². The molecule has 1 nitrogen and oxygen atoms in total. The monoisotopic (exact) mass is 425 g/mol. The molecule has 2 aromatic rings. The number of nitriles is 1. The lowest BCUT2D eigenvalue weighted by Gasteiger charge is -2.26. The molecular formula is C31H39N. The molecule has 1 aliphatic rings. The number of nitrogens with zero attached hydrogens (tertiary/aromatic N) is 1. The van der Waals surface area contributed by atoms with Crippen LogP contribution in [0.1, 0.15) is 112 Å². The van der Waals surface area contributed by atoms with Crippen molar-refractivity contribution < 1.29 is 0 Å². The lowest BCUT2D eigenvalue weighted by atomic mass is 9.78. The second-order valence-electron chi connectivity index (χ2n) is 9.46. The first-order valence-electron chi connectivity index (χ1n) is 12.9.